The molecule has 1 heterocycles. The van der Waals surface area contributed by atoms with Crippen LogP contribution >= 0.6 is 11.3 Å². The summed E-state index contributed by atoms with van der Waals surface area (Å²) in [7, 11) is 0. The SMILES string of the molecule is CCc1csc(C=O)n1. The van der Waals surface area contributed by atoms with Gasteiger partial charge in [-0.15, -0.1) is 11.3 Å². The molecule has 0 aliphatic carbocycles. The van der Waals surface area contributed by atoms with Gasteiger partial charge in [-0.3, -0.25) is 4.79 Å². The van der Waals surface area contributed by atoms with Gasteiger partial charge < -0.3 is 0 Å². The second kappa shape index (κ2) is 2.73. The molecule has 0 unspecified atom stereocenters. The molecule has 0 amide bonds. The van der Waals surface area contributed by atoms with Gasteiger partial charge >= 0.3 is 0 Å². The van der Waals surface area contributed by atoms with Crippen molar-refractivity contribution in [3.05, 3.63) is 16.1 Å². The molecule has 3 heteroatoms. The first kappa shape index (κ1) is 6.42. The van der Waals surface area contributed by atoms with E-state index >= 15 is 0 Å². The largest absolute Gasteiger partial charge is 0.295 e. The van der Waals surface area contributed by atoms with Crippen molar-refractivity contribution in [2.24, 2.45) is 0 Å². The van der Waals surface area contributed by atoms with Crippen LogP contribution in [-0.2, 0) is 6.42 Å². The second-order valence-electron chi connectivity index (χ2n) is 1.65. The fourth-order valence-corrected chi connectivity index (χ4v) is 1.24. The Morgan fingerprint density at radius 3 is 3.00 bits per heavy atom. The molecule has 0 aliphatic rings. The maximum atomic E-state index is 10.1. The van der Waals surface area contributed by atoms with Gasteiger partial charge in [0.05, 0.1) is 5.69 Å². The van der Waals surface area contributed by atoms with Crippen molar-refractivity contribution in [1.82, 2.24) is 4.98 Å². The van der Waals surface area contributed by atoms with Crippen molar-refractivity contribution in [2.75, 3.05) is 0 Å². The van der Waals surface area contributed by atoms with E-state index in [4.69, 9.17) is 0 Å². The lowest BCUT2D eigenvalue weighted by Gasteiger charge is -1.79. The number of rotatable bonds is 2. The molecule has 2 nitrogen and oxygen atoms in total. The van der Waals surface area contributed by atoms with Crippen molar-refractivity contribution in [3.63, 3.8) is 0 Å². The summed E-state index contributed by atoms with van der Waals surface area (Å²) in [6.07, 6.45) is 1.69. The Morgan fingerprint density at radius 1 is 1.89 bits per heavy atom. The molecule has 0 saturated carbocycles. The van der Waals surface area contributed by atoms with Gasteiger partial charge in [-0.25, -0.2) is 4.98 Å². The van der Waals surface area contributed by atoms with Crippen LogP contribution in [0.2, 0.25) is 0 Å². The van der Waals surface area contributed by atoms with Crippen LogP contribution in [0.25, 0.3) is 0 Å². The minimum atomic E-state index is 0.576. The number of carbonyl (C=O) groups excluding carboxylic acids is 1. The Morgan fingerprint density at radius 2 is 2.67 bits per heavy atom. The monoisotopic (exact) mass is 141 g/mol. The molecular formula is C6H7NOS. The lowest BCUT2D eigenvalue weighted by molar-refractivity contribution is 0.112. The third kappa shape index (κ3) is 1.36. The van der Waals surface area contributed by atoms with Crippen molar-refractivity contribution >= 4 is 17.6 Å². The molecule has 0 N–H and O–H groups in total. The summed E-state index contributed by atoms with van der Waals surface area (Å²) in [4.78, 5) is 14.1. The maximum Gasteiger partial charge on any atom is 0.178 e. The summed E-state index contributed by atoms with van der Waals surface area (Å²) in [5, 5.41) is 2.48. The molecule has 1 aromatic heterocycles. The fraction of sp³-hybridized carbons (Fsp3) is 0.333. The van der Waals surface area contributed by atoms with Crippen LogP contribution in [0.1, 0.15) is 22.4 Å². The Balaban J connectivity index is 2.86. The lowest BCUT2D eigenvalue weighted by Crippen LogP contribution is -1.80. The quantitative estimate of drug-likeness (QED) is 0.584. The average Bonchev–Trinajstić information content (AvgIpc) is 2.34. The number of hydrogen-bond acceptors (Lipinski definition) is 3. The highest BCUT2D eigenvalue weighted by atomic mass is 32.1. The summed E-state index contributed by atoms with van der Waals surface area (Å²) >= 11 is 1.39. The molecular weight excluding hydrogens is 134 g/mol. The van der Waals surface area contributed by atoms with E-state index in [-0.39, 0.29) is 0 Å². The van der Waals surface area contributed by atoms with Crippen molar-refractivity contribution in [2.45, 2.75) is 13.3 Å². The molecule has 1 aromatic rings. The van der Waals surface area contributed by atoms with E-state index in [2.05, 4.69) is 4.98 Å². The van der Waals surface area contributed by atoms with Gasteiger partial charge in [0.15, 0.2) is 11.3 Å². The van der Waals surface area contributed by atoms with E-state index in [1.165, 1.54) is 11.3 Å². The Labute approximate surface area is 57.5 Å². The first-order chi connectivity index (χ1) is 4.36. The van der Waals surface area contributed by atoms with Crippen LogP contribution in [0.5, 0.6) is 0 Å². The molecule has 0 spiro atoms. The first-order valence-corrected chi connectivity index (χ1v) is 3.64. The molecule has 0 aliphatic heterocycles. The molecule has 48 valence electrons. The van der Waals surface area contributed by atoms with Gasteiger partial charge in [0.25, 0.3) is 0 Å². The number of nitrogens with zero attached hydrogens (tertiary/aromatic N) is 1. The maximum absolute atomic E-state index is 10.1. The Kier molecular flexibility index (Phi) is 1.95. The van der Waals surface area contributed by atoms with E-state index in [1.54, 1.807) is 0 Å². The number of aryl methyl sites for hydroxylation is 1. The molecule has 0 bridgehead atoms. The topological polar surface area (TPSA) is 30.0 Å². The van der Waals surface area contributed by atoms with Crippen LogP contribution in [-0.4, -0.2) is 11.3 Å². The summed E-state index contributed by atoms with van der Waals surface area (Å²) in [5.41, 5.74) is 1.00. The van der Waals surface area contributed by atoms with E-state index in [9.17, 15) is 4.79 Å². The van der Waals surface area contributed by atoms with Gasteiger partial charge in [0, 0.05) is 5.38 Å². The Bertz CT molecular complexity index is 207. The number of hydrogen-bond donors (Lipinski definition) is 0. The van der Waals surface area contributed by atoms with Crippen LogP contribution in [0.15, 0.2) is 5.38 Å². The van der Waals surface area contributed by atoms with Crippen molar-refractivity contribution in [1.29, 1.82) is 0 Å². The van der Waals surface area contributed by atoms with Gasteiger partial charge in [-0.2, -0.15) is 0 Å². The predicted octanol–water partition coefficient (Wildman–Crippen LogP) is 1.52. The summed E-state index contributed by atoms with van der Waals surface area (Å²) < 4.78 is 0. The molecule has 0 atom stereocenters. The highest BCUT2D eigenvalue weighted by Gasteiger charge is 1.95. The molecule has 1 rings (SSSR count). The molecule has 0 saturated heterocycles. The zero-order valence-corrected chi connectivity index (χ0v) is 5.94. The number of carbonyl (C=O) groups is 1. The zero-order chi connectivity index (χ0) is 6.69. The van der Waals surface area contributed by atoms with Crippen LogP contribution in [0.3, 0.4) is 0 Å². The molecule has 9 heavy (non-hydrogen) atoms. The molecule has 0 radical (unpaired) electrons. The van der Waals surface area contributed by atoms with Crippen LogP contribution in [0, 0.1) is 0 Å². The number of thiazole rings is 1. The smallest absolute Gasteiger partial charge is 0.178 e. The lowest BCUT2D eigenvalue weighted by atomic mass is 10.4. The summed E-state index contributed by atoms with van der Waals surface area (Å²) in [6.45, 7) is 2.02. The van der Waals surface area contributed by atoms with E-state index in [0.29, 0.717) is 5.01 Å². The average molecular weight is 141 g/mol. The van der Waals surface area contributed by atoms with Crippen molar-refractivity contribution in [3.8, 4) is 0 Å². The predicted molar refractivity (Wildman–Crippen MR) is 36.9 cm³/mol. The van der Waals surface area contributed by atoms with Gasteiger partial charge in [0.2, 0.25) is 0 Å². The minimum Gasteiger partial charge on any atom is -0.295 e. The van der Waals surface area contributed by atoms with E-state index in [0.717, 1.165) is 18.4 Å². The van der Waals surface area contributed by atoms with Crippen LogP contribution in [0.4, 0.5) is 0 Å². The van der Waals surface area contributed by atoms with Gasteiger partial charge in [-0.05, 0) is 6.42 Å². The van der Waals surface area contributed by atoms with Crippen LogP contribution < -0.4 is 0 Å². The van der Waals surface area contributed by atoms with Gasteiger partial charge in [0.1, 0.15) is 0 Å². The second-order valence-corrected chi connectivity index (χ2v) is 2.54. The standard InChI is InChI=1S/C6H7NOS/c1-2-5-4-9-6(3-8)7-5/h3-4H,2H2,1H3. The fourth-order valence-electron chi connectivity index (χ4n) is 0.539. The number of aldehydes is 1. The summed E-state index contributed by atoms with van der Waals surface area (Å²) in [6, 6.07) is 0. The normalized spacial score (nSPS) is 9.44. The Hall–Kier alpha value is -0.700. The minimum absolute atomic E-state index is 0.576. The number of aromatic nitrogens is 1. The third-order valence-electron chi connectivity index (χ3n) is 1.03. The summed E-state index contributed by atoms with van der Waals surface area (Å²) in [5.74, 6) is 0. The highest BCUT2D eigenvalue weighted by molar-refractivity contribution is 7.11. The van der Waals surface area contributed by atoms with Crippen molar-refractivity contribution < 1.29 is 4.79 Å². The highest BCUT2D eigenvalue weighted by Crippen LogP contribution is 2.06. The van der Waals surface area contributed by atoms with E-state index < -0.39 is 0 Å². The molecule has 0 aromatic carbocycles. The zero-order valence-electron chi connectivity index (χ0n) is 5.13. The first-order valence-electron chi connectivity index (χ1n) is 2.76. The molecule has 0 fully saturated rings. The third-order valence-corrected chi connectivity index (χ3v) is 1.85. The van der Waals surface area contributed by atoms with Gasteiger partial charge in [-0.1, -0.05) is 6.92 Å². The van der Waals surface area contributed by atoms with E-state index in [1.807, 2.05) is 12.3 Å².